The van der Waals surface area contributed by atoms with Gasteiger partial charge in [0.25, 0.3) is 0 Å². The zero-order valence-electron chi connectivity index (χ0n) is 24.4. The van der Waals surface area contributed by atoms with E-state index in [-0.39, 0.29) is 54.8 Å². The Balaban J connectivity index is 0.000000650. The van der Waals surface area contributed by atoms with Crippen LogP contribution in [0.15, 0.2) is 11.3 Å². The summed E-state index contributed by atoms with van der Waals surface area (Å²) in [6.07, 6.45) is 6.16. The molecule has 3 N–H and O–H groups in total. The number of amides is 2. The van der Waals surface area contributed by atoms with Gasteiger partial charge in [-0.2, -0.15) is 0 Å². The van der Waals surface area contributed by atoms with Crippen molar-refractivity contribution >= 4 is 85.4 Å². The van der Waals surface area contributed by atoms with Gasteiger partial charge in [0.1, 0.15) is 18.2 Å². The molecule has 16 heteroatoms. The maximum atomic E-state index is 12.5. The molecule has 2 rings (SSSR count). The van der Waals surface area contributed by atoms with Gasteiger partial charge in [-0.1, -0.05) is 30.5 Å². The number of ether oxygens (including phenoxy) is 1. The van der Waals surface area contributed by atoms with Crippen LogP contribution in [0.3, 0.4) is 0 Å². The second-order valence-corrected chi connectivity index (χ2v) is 13.9. The quantitative estimate of drug-likeness (QED) is 0.0776. The first-order valence-corrected chi connectivity index (χ1v) is 19.5. The molecular weight excluding hydrogens is 652 g/mol. The lowest BCUT2D eigenvalue weighted by Gasteiger charge is -2.50. The number of hydrogen-bond acceptors (Lipinski definition) is 12. The molecule has 1 fully saturated rings. The number of rotatable bonds is 21. The van der Waals surface area contributed by atoms with Crippen LogP contribution in [-0.4, -0.2) is 83.4 Å². The molecule has 0 aromatic carbocycles. The van der Waals surface area contributed by atoms with Crippen molar-refractivity contribution in [3.8, 4) is 0 Å². The standard InChI is InChI=1S/C20H26NO7PS2.C7H15N2OPS/c1-2-4-14(23)9-15-18(25)21-17(20(26)27)12(11-31-19(15)21)10-28-16(24)6-3-5-13(22)7-8-29-30;8-4-1-2-5-9-7(10)3-6-11-12/h15,19H,2-11H2,1H3,(H,26,27);1-6,8H2,(H,9,10)/p-1. The van der Waals surface area contributed by atoms with Gasteiger partial charge in [-0.05, 0) is 46.9 Å². The molecule has 2 amide bonds. The van der Waals surface area contributed by atoms with Crippen molar-refractivity contribution in [1.82, 2.24) is 10.2 Å². The minimum Gasteiger partial charge on any atom is -0.543 e. The Morgan fingerprint density at radius 2 is 1.72 bits per heavy atom. The minimum atomic E-state index is -1.50. The smallest absolute Gasteiger partial charge is 0.306 e. The lowest BCUT2D eigenvalue weighted by molar-refractivity contribution is -0.301. The summed E-state index contributed by atoms with van der Waals surface area (Å²) >= 11 is 10.8. The van der Waals surface area contributed by atoms with E-state index in [0.717, 1.165) is 45.2 Å². The minimum absolute atomic E-state index is 0.0120. The van der Waals surface area contributed by atoms with Crippen LogP contribution in [0, 0.1) is 5.92 Å². The number of Topliss-reactive ketones (excluding diaryl/α,β-unsaturated/α-hetero) is 2. The highest BCUT2D eigenvalue weighted by Gasteiger charge is 2.52. The molecule has 0 spiro atoms. The third kappa shape index (κ3) is 14.8. The monoisotopic (exact) mass is 692 g/mol. The van der Waals surface area contributed by atoms with Gasteiger partial charge in [0.2, 0.25) is 11.8 Å². The molecule has 0 bridgehead atoms. The summed E-state index contributed by atoms with van der Waals surface area (Å²) in [6, 6.07) is 0. The molecule has 0 radical (unpaired) electrons. The van der Waals surface area contributed by atoms with E-state index in [1.54, 1.807) is 0 Å². The molecular formula is C27H40N3O8P2S3-. The van der Waals surface area contributed by atoms with Crippen LogP contribution >= 0.6 is 26.5 Å². The molecule has 1 saturated heterocycles. The first-order valence-electron chi connectivity index (χ1n) is 14.2. The highest BCUT2D eigenvalue weighted by molar-refractivity contribution is 8.00. The Bertz CT molecular complexity index is 1060. The lowest BCUT2D eigenvalue weighted by Crippen LogP contribution is -2.63. The van der Waals surface area contributed by atoms with Gasteiger partial charge >= 0.3 is 5.97 Å². The molecule has 0 aromatic rings. The number of carboxylic acid groups (broad SMARTS) is 1. The first kappa shape index (κ1) is 39.3. The molecule has 2 atom stereocenters. The number of fused-ring (bicyclic) bond motifs is 1. The van der Waals surface area contributed by atoms with Gasteiger partial charge in [0.05, 0.1) is 23.0 Å². The number of carboxylic acids is 1. The van der Waals surface area contributed by atoms with E-state index in [0.29, 0.717) is 50.4 Å². The molecule has 240 valence electrons. The topological polar surface area (TPSA) is 176 Å². The molecule has 0 saturated carbocycles. The summed E-state index contributed by atoms with van der Waals surface area (Å²) in [5.74, 6) is -2.58. The Hall–Kier alpha value is -1.69. The largest absolute Gasteiger partial charge is 0.543 e. The zero-order valence-corrected chi connectivity index (χ0v) is 28.6. The molecule has 0 aliphatic carbocycles. The summed E-state index contributed by atoms with van der Waals surface area (Å²) in [4.78, 5) is 71.8. The van der Waals surface area contributed by atoms with Gasteiger partial charge in [-0.15, -0.1) is 11.8 Å². The first-order chi connectivity index (χ1) is 20.6. The molecule has 43 heavy (non-hydrogen) atoms. The number of ketones is 2. The fourth-order valence-corrected chi connectivity index (χ4v) is 6.82. The fraction of sp³-hybridized carbons (Fsp3) is 0.704. The normalized spacial score (nSPS) is 17.4. The number of hydrogen-bond donors (Lipinski definition) is 2. The Morgan fingerprint density at radius 3 is 2.35 bits per heavy atom. The second kappa shape index (κ2) is 22.8. The van der Waals surface area contributed by atoms with Crippen molar-refractivity contribution in [3.63, 3.8) is 0 Å². The molecule has 2 aliphatic rings. The predicted octanol–water partition coefficient (Wildman–Crippen LogP) is 2.00. The van der Waals surface area contributed by atoms with Gasteiger partial charge in [-0.25, -0.2) is 0 Å². The van der Waals surface area contributed by atoms with Crippen LogP contribution < -0.4 is 16.2 Å². The van der Waals surface area contributed by atoms with E-state index in [2.05, 4.69) is 5.32 Å². The number of thioether (sulfide) groups is 1. The van der Waals surface area contributed by atoms with E-state index in [1.807, 2.05) is 6.92 Å². The number of nitrogens with one attached hydrogen (secondary N) is 1. The van der Waals surface area contributed by atoms with Crippen molar-refractivity contribution in [1.29, 1.82) is 0 Å². The van der Waals surface area contributed by atoms with Crippen LogP contribution in [-0.2, 0) is 57.1 Å². The zero-order chi connectivity index (χ0) is 32.2. The van der Waals surface area contributed by atoms with Gasteiger partial charge < -0.3 is 25.7 Å². The summed E-state index contributed by atoms with van der Waals surface area (Å²) in [7, 11) is 1.61. The van der Waals surface area contributed by atoms with Crippen molar-refractivity contribution in [3.05, 3.63) is 11.3 Å². The molecule has 2 aliphatic heterocycles. The average molecular weight is 693 g/mol. The van der Waals surface area contributed by atoms with E-state index in [9.17, 15) is 33.9 Å². The number of carbonyl (C=O) groups is 6. The van der Waals surface area contributed by atoms with E-state index >= 15 is 0 Å². The van der Waals surface area contributed by atoms with Crippen LogP contribution in [0.25, 0.3) is 0 Å². The highest BCUT2D eigenvalue weighted by Crippen LogP contribution is 2.45. The van der Waals surface area contributed by atoms with Crippen LogP contribution in [0.2, 0.25) is 0 Å². The number of nitrogens with zero attached hydrogens (tertiary/aromatic N) is 1. The molecule has 11 nitrogen and oxygen atoms in total. The Kier molecular flexibility index (Phi) is 20.8. The molecule has 2 unspecified atom stereocenters. The average Bonchev–Trinajstić information content (AvgIpc) is 2.98. The van der Waals surface area contributed by atoms with Crippen LogP contribution in [0.1, 0.15) is 71.1 Å². The number of carbonyl (C=O) groups excluding carboxylic acids is 6. The summed E-state index contributed by atoms with van der Waals surface area (Å²) in [6.45, 7) is 3.06. The summed E-state index contributed by atoms with van der Waals surface area (Å²) in [5.41, 5.74) is 5.33. The number of nitrogens with two attached hydrogens (primary N) is 1. The lowest BCUT2D eigenvalue weighted by atomic mass is 9.89. The maximum Gasteiger partial charge on any atom is 0.306 e. The van der Waals surface area contributed by atoms with Gasteiger partial charge in [-0.3, -0.25) is 28.9 Å². The Labute approximate surface area is 270 Å². The van der Waals surface area contributed by atoms with Gasteiger partial charge in [0, 0.05) is 68.7 Å². The molecule has 2 heterocycles. The SMILES string of the molecule is CCCC(=O)CC1C(=O)N2C(C(=O)[O-])=C(COC(=O)CCCC(=O)CCP=S)CSC12.NCCCCNC(=O)CCP=S. The van der Waals surface area contributed by atoms with Crippen LogP contribution in [0.5, 0.6) is 0 Å². The van der Waals surface area contributed by atoms with Gasteiger partial charge in [0.15, 0.2) is 0 Å². The highest BCUT2D eigenvalue weighted by atomic mass is 32.4. The number of β-lactam (4-membered cyclic amide) rings is 1. The summed E-state index contributed by atoms with van der Waals surface area (Å²) < 4.78 is 5.17. The van der Waals surface area contributed by atoms with Crippen molar-refractivity contribution in [2.45, 2.75) is 76.5 Å². The predicted molar refractivity (Wildman–Crippen MR) is 172 cm³/mol. The third-order valence-corrected chi connectivity index (χ3v) is 9.74. The fourth-order valence-electron chi connectivity index (χ4n) is 4.24. The van der Waals surface area contributed by atoms with Crippen molar-refractivity contribution in [2.75, 3.05) is 37.8 Å². The van der Waals surface area contributed by atoms with E-state index in [1.165, 1.54) is 11.8 Å². The second-order valence-electron chi connectivity index (χ2n) is 9.85. The van der Waals surface area contributed by atoms with Crippen molar-refractivity contribution in [2.24, 2.45) is 11.7 Å². The Morgan fingerprint density at radius 1 is 1.02 bits per heavy atom. The molecule has 0 aromatic heterocycles. The maximum absolute atomic E-state index is 12.5. The number of unbranched alkanes of at least 4 members (excludes halogenated alkanes) is 1. The van der Waals surface area contributed by atoms with E-state index in [4.69, 9.17) is 34.1 Å². The summed E-state index contributed by atoms with van der Waals surface area (Å²) in [5, 5.41) is 14.1. The number of esters is 1. The third-order valence-electron chi connectivity index (χ3n) is 6.44. The van der Waals surface area contributed by atoms with Crippen LogP contribution in [0.4, 0.5) is 0 Å². The van der Waals surface area contributed by atoms with E-state index < -0.39 is 29.1 Å². The van der Waals surface area contributed by atoms with Crippen molar-refractivity contribution < 1.29 is 38.6 Å². The number of aliphatic carboxylic acids is 1.